The molecule has 0 unspecified atom stereocenters. The van der Waals surface area contributed by atoms with Gasteiger partial charge in [-0.2, -0.15) is 0 Å². The first-order chi connectivity index (χ1) is 10.2. The highest BCUT2D eigenvalue weighted by Gasteiger charge is 2.27. The van der Waals surface area contributed by atoms with Gasteiger partial charge in [-0.05, 0) is 0 Å². The highest BCUT2D eigenvalue weighted by Crippen LogP contribution is 2.45. The van der Waals surface area contributed by atoms with Crippen LogP contribution in [0, 0.1) is 0 Å². The molecule has 0 aliphatic carbocycles. The van der Waals surface area contributed by atoms with Crippen molar-refractivity contribution in [1.82, 2.24) is 14.9 Å². The van der Waals surface area contributed by atoms with Gasteiger partial charge in [0.2, 0.25) is 0 Å². The maximum atomic E-state index is 11.9. The quantitative estimate of drug-likeness (QED) is 0.880. The Morgan fingerprint density at radius 1 is 1.52 bits per heavy atom. The minimum Gasteiger partial charge on any atom is -0.492 e. The van der Waals surface area contributed by atoms with Crippen LogP contribution in [0.2, 0.25) is 0 Å². The van der Waals surface area contributed by atoms with E-state index in [-0.39, 0.29) is 5.91 Å². The fourth-order valence-electron chi connectivity index (χ4n) is 2.45. The molecule has 21 heavy (non-hydrogen) atoms. The largest absolute Gasteiger partial charge is 0.492 e. The van der Waals surface area contributed by atoms with E-state index in [4.69, 9.17) is 10.5 Å². The number of thiophene rings is 1. The van der Waals surface area contributed by atoms with Crippen LogP contribution < -0.4 is 20.7 Å². The Bertz CT molecular complexity index is 678. The summed E-state index contributed by atoms with van der Waals surface area (Å²) < 4.78 is 7.54. The smallest absolute Gasteiger partial charge is 0.263 e. The fourth-order valence-corrected chi connectivity index (χ4v) is 3.61. The number of aromatic nitrogens is 2. The summed E-state index contributed by atoms with van der Waals surface area (Å²) in [6.45, 7) is 2.36. The predicted octanol–water partition coefficient (Wildman–Crippen LogP) is 0.915. The zero-order chi connectivity index (χ0) is 15.0. The summed E-state index contributed by atoms with van der Waals surface area (Å²) in [6, 6.07) is 0. The molecule has 0 saturated carbocycles. The summed E-state index contributed by atoms with van der Waals surface area (Å²) in [5.41, 5.74) is 6.44. The SMILES string of the molecule is CNC(=O)c1sc(N2CCn3ccnc3C2)c(OC)c1N. The molecular formula is C13H17N5O2S. The molecule has 1 aliphatic heterocycles. The van der Waals surface area contributed by atoms with Crippen molar-refractivity contribution in [2.75, 3.05) is 31.3 Å². The van der Waals surface area contributed by atoms with Gasteiger partial charge in [-0.3, -0.25) is 4.79 Å². The number of ether oxygens (including phenoxy) is 1. The van der Waals surface area contributed by atoms with Crippen LogP contribution in [0.4, 0.5) is 10.7 Å². The van der Waals surface area contributed by atoms with Gasteiger partial charge in [-0.25, -0.2) is 4.98 Å². The summed E-state index contributed by atoms with van der Waals surface area (Å²) in [6.07, 6.45) is 3.78. The molecule has 0 saturated heterocycles. The summed E-state index contributed by atoms with van der Waals surface area (Å²) in [5, 5.41) is 3.48. The summed E-state index contributed by atoms with van der Waals surface area (Å²) >= 11 is 1.35. The topological polar surface area (TPSA) is 85.4 Å². The first-order valence-electron chi connectivity index (χ1n) is 6.59. The number of imidazole rings is 1. The Morgan fingerprint density at radius 2 is 2.33 bits per heavy atom. The third kappa shape index (κ3) is 2.21. The van der Waals surface area contributed by atoms with E-state index in [9.17, 15) is 4.79 Å². The Labute approximate surface area is 126 Å². The van der Waals surface area contributed by atoms with Crippen molar-refractivity contribution in [3.8, 4) is 5.75 Å². The van der Waals surface area contributed by atoms with E-state index in [0.717, 1.165) is 23.9 Å². The Morgan fingerprint density at radius 3 is 3.05 bits per heavy atom. The lowest BCUT2D eigenvalue weighted by atomic mass is 10.3. The lowest BCUT2D eigenvalue weighted by molar-refractivity contribution is 0.0967. The molecule has 2 aromatic heterocycles. The van der Waals surface area contributed by atoms with Crippen LogP contribution in [0.1, 0.15) is 15.5 Å². The van der Waals surface area contributed by atoms with Crippen LogP contribution in [0.5, 0.6) is 5.75 Å². The lowest BCUT2D eigenvalue weighted by Crippen LogP contribution is -2.33. The van der Waals surface area contributed by atoms with Gasteiger partial charge in [-0.1, -0.05) is 0 Å². The molecule has 2 aromatic rings. The maximum absolute atomic E-state index is 11.9. The number of rotatable bonds is 3. The molecule has 1 aliphatic rings. The molecule has 0 spiro atoms. The van der Waals surface area contributed by atoms with Gasteiger partial charge < -0.3 is 25.3 Å². The first kappa shape index (κ1) is 13.7. The predicted molar refractivity (Wildman–Crippen MR) is 82.0 cm³/mol. The molecule has 112 valence electrons. The second kappa shape index (κ2) is 5.28. The number of carbonyl (C=O) groups excluding carboxylic acids is 1. The van der Waals surface area contributed by atoms with E-state index in [1.807, 2.05) is 6.20 Å². The third-order valence-corrected chi connectivity index (χ3v) is 4.80. The average molecular weight is 307 g/mol. The van der Waals surface area contributed by atoms with Gasteiger partial charge in [0, 0.05) is 32.5 Å². The van der Waals surface area contributed by atoms with Crippen molar-refractivity contribution < 1.29 is 9.53 Å². The number of amides is 1. The Balaban J connectivity index is 1.97. The van der Waals surface area contributed by atoms with Crippen LogP contribution in [-0.4, -0.2) is 36.2 Å². The number of carbonyl (C=O) groups is 1. The van der Waals surface area contributed by atoms with Crippen molar-refractivity contribution in [2.45, 2.75) is 13.1 Å². The number of hydrogen-bond acceptors (Lipinski definition) is 6. The molecule has 0 atom stereocenters. The number of nitrogens with two attached hydrogens (primary N) is 1. The van der Waals surface area contributed by atoms with E-state index in [1.165, 1.54) is 11.3 Å². The molecule has 3 N–H and O–H groups in total. The number of fused-ring (bicyclic) bond motifs is 1. The average Bonchev–Trinajstić information content (AvgIpc) is 3.09. The van der Waals surface area contributed by atoms with Gasteiger partial charge in [0.1, 0.15) is 21.4 Å². The van der Waals surface area contributed by atoms with Crippen LogP contribution in [0.25, 0.3) is 0 Å². The van der Waals surface area contributed by atoms with Crippen LogP contribution >= 0.6 is 11.3 Å². The molecule has 0 radical (unpaired) electrons. The van der Waals surface area contributed by atoms with E-state index < -0.39 is 0 Å². The number of methoxy groups -OCH3 is 1. The molecule has 0 fully saturated rings. The van der Waals surface area contributed by atoms with E-state index >= 15 is 0 Å². The normalized spacial score (nSPS) is 13.9. The maximum Gasteiger partial charge on any atom is 0.263 e. The number of nitrogens with zero attached hydrogens (tertiary/aromatic N) is 3. The Kier molecular flexibility index (Phi) is 3.46. The van der Waals surface area contributed by atoms with Crippen molar-refractivity contribution in [3.63, 3.8) is 0 Å². The zero-order valence-corrected chi connectivity index (χ0v) is 12.7. The Hall–Kier alpha value is -2.22. The minimum atomic E-state index is -0.194. The monoisotopic (exact) mass is 307 g/mol. The van der Waals surface area contributed by atoms with Gasteiger partial charge in [0.05, 0.1) is 13.7 Å². The van der Waals surface area contributed by atoms with Gasteiger partial charge in [0.25, 0.3) is 5.91 Å². The van der Waals surface area contributed by atoms with Crippen molar-refractivity contribution in [2.24, 2.45) is 0 Å². The molecule has 8 heteroatoms. The zero-order valence-electron chi connectivity index (χ0n) is 11.9. The molecule has 7 nitrogen and oxygen atoms in total. The standard InChI is InChI=1S/C13H17N5O2S/c1-15-12(19)11-9(14)10(20-2)13(21-11)18-6-5-17-4-3-16-8(17)7-18/h3-4H,5-7,14H2,1-2H3,(H,15,19). The van der Waals surface area contributed by atoms with Crippen LogP contribution in [0.3, 0.4) is 0 Å². The van der Waals surface area contributed by atoms with E-state index in [1.54, 1.807) is 20.4 Å². The number of nitrogens with one attached hydrogen (secondary N) is 1. The second-order valence-electron chi connectivity index (χ2n) is 4.72. The van der Waals surface area contributed by atoms with E-state index in [0.29, 0.717) is 22.9 Å². The summed E-state index contributed by atoms with van der Waals surface area (Å²) in [7, 11) is 3.16. The molecule has 3 rings (SSSR count). The number of nitrogen functional groups attached to an aromatic ring is 1. The molecule has 0 aromatic carbocycles. The van der Waals surface area contributed by atoms with Crippen molar-refractivity contribution in [3.05, 3.63) is 23.1 Å². The van der Waals surface area contributed by atoms with Crippen LogP contribution in [-0.2, 0) is 13.1 Å². The fraction of sp³-hybridized carbons (Fsp3) is 0.385. The second-order valence-corrected chi connectivity index (χ2v) is 5.72. The molecule has 0 bridgehead atoms. The lowest BCUT2D eigenvalue weighted by Gasteiger charge is -2.28. The molecule has 3 heterocycles. The number of hydrogen-bond donors (Lipinski definition) is 2. The molecular weight excluding hydrogens is 290 g/mol. The summed E-state index contributed by atoms with van der Waals surface area (Å²) in [5.74, 6) is 1.37. The summed E-state index contributed by atoms with van der Waals surface area (Å²) in [4.78, 5) is 18.9. The van der Waals surface area contributed by atoms with Gasteiger partial charge in [0.15, 0.2) is 5.75 Å². The van der Waals surface area contributed by atoms with Crippen molar-refractivity contribution >= 4 is 27.9 Å². The van der Waals surface area contributed by atoms with Gasteiger partial charge in [-0.15, -0.1) is 11.3 Å². The van der Waals surface area contributed by atoms with Gasteiger partial charge >= 0.3 is 0 Å². The van der Waals surface area contributed by atoms with Crippen molar-refractivity contribution in [1.29, 1.82) is 0 Å². The van der Waals surface area contributed by atoms with Crippen LogP contribution in [0.15, 0.2) is 12.4 Å². The third-order valence-electron chi connectivity index (χ3n) is 3.55. The highest BCUT2D eigenvalue weighted by molar-refractivity contribution is 7.19. The first-order valence-corrected chi connectivity index (χ1v) is 7.40. The van der Waals surface area contributed by atoms with E-state index in [2.05, 4.69) is 19.8 Å². The molecule has 1 amide bonds. The minimum absolute atomic E-state index is 0.194. The number of anilines is 2. The highest BCUT2D eigenvalue weighted by atomic mass is 32.1.